The number of anilines is 1. The van der Waals surface area contributed by atoms with E-state index in [1.54, 1.807) is 0 Å². The normalized spacial score (nSPS) is 18.8. The van der Waals surface area contributed by atoms with Crippen molar-refractivity contribution >= 4 is 11.6 Å². The van der Waals surface area contributed by atoms with E-state index in [9.17, 15) is 4.79 Å². The van der Waals surface area contributed by atoms with Crippen molar-refractivity contribution in [2.45, 2.75) is 45.3 Å². The van der Waals surface area contributed by atoms with Gasteiger partial charge < -0.3 is 20.3 Å². The second-order valence-corrected chi connectivity index (χ2v) is 6.40. The molecule has 5 heteroatoms. The van der Waals surface area contributed by atoms with E-state index in [1.165, 1.54) is 0 Å². The van der Waals surface area contributed by atoms with Gasteiger partial charge in [-0.3, -0.25) is 4.79 Å². The Morgan fingerprint density at radius 3 is 2.70 bits per heavy atom. The van der Waals surface area contributed by atoms with Crippen LogP contribution in [0, 0.1) is 0 Å². The number of benzene rings is 1. The molecule has 0 aliphatic carbocycles. The minimum atomic E-state index is -0.382. The average Bonchev–Trinajstić information content (AvgIpc) is 2.55. The molecule has 0 aromatic heterocycles. The summed E-state index contributed by atoms with van der Waals surface area (Å²) in [7, 11) is 4.09. The number of carbonyl (C=O) groups is 1. The zero-order valence-corrected chi connectivity index (χ0v) is 14.7. The Hall–Kier alpha value is -1.59. The first-order valence-electron chi connectivity index (χ1n) is 8.50. The van der Waals surface area contributed by atoms with Crippen molar-refractivity contribution in [1.29, 1.82) is 0 Å². The van der Waals surface area contributed by atoms with Gasteiger partial charge in [-0.05, 0) is 57.6 Å². The van der Waals surface area contributed by atoms with Crippen LogP contribution in [0.15, 0.2) is 18.2 Å². The van der Waals surface area contributed by atoms with Gasteiger partial charge in [0.2, 0.25) is 0 Å². The van der Waals surface area contributed by atoms with Crippen molar-refractivity contribution < 1.29 is 9.53 Å². The maximum absolute atomic E-state index is 12.7. The highest BCUT2D eigenvalue weighted by Gasteiger charge is 2.33. The third-order valence-corrected chi connectivity index (χ3v) is 4.31. The summed E-state index contributed by atoms with van der Waals surface area (Å²) in [6, 6.07) is 5.97. The lowest BCUT2D eigenvalue weighted by atomic mass is 10.0. The number of rotatable bonds is 7. The molecule has 1 aromatic rings. The van der Waals surface area contributed by atoms with Gasteiger partial charge in [0.25, 0.3) is 5.91 Å². The van der Waals surface area contributed by atoms with E-state index in [2.05, 4.69) is 11.8 Å². The molecule has 5 nitrogen and oxygen atoms in total. The maximum atomic E-state index is 12.7. The summed E-state index contributed by atoms with van der Waals surface area (Å²) >= 11 is 0. The van der Waals surface area contributed by atoms with Gasteiger partial charge in [-0.15, -0.1) is 0 Å². The smallest absolute Gasteiger partial charge is 0.268 e. The first kappa shape index (κ1) is 17.8. The fourth-order valence-corrected chi connectivity index (χ4v) is 2.84. The van der Waals surface area contributed by atoms with Crippen molar-refractivity contribution in [3.05, 3.63) is 23.8 Å². The highest BCUT2D eigenvalue weighted by molar-refractivity contribution is 6.00. The van der Waals surface area contributed by atoms with Gasteiger partial charge in [0.05, 0.1) is 5.69 Å². The van der Waals surface area contributed by atoms with Crippen molar-refractivity contribution in [3.8, 4) is 5.75 Å². The summed E-state index contributed by atoms with van der Waals surface area (Å²) in [5.74, 6) is 0.842. The van der Waals surface area contributed by atoms with Gasteiger partial charge in [-0.2, -0.15) is 0 Å². The molecule has 0 saturated carbocycles. The van der Waals surface area contributed by atoms with Crippen LogP contribution in [0.2, 0.25) is 0 Å². The fraction of sp³-hybridized carbons (Fsp3) is 0.611. The van der Waals surface area contributed by atoms with E-state index in [0.717, 1.165) is 36.4 Å². The quantitative estimate of drug-likeness (QED) is 0.839. The second-order valence-electron chi connectivity index (χ2n) is 6.40. The van der Waals surface area contributed by atoms with E-state index < -0.39 is 0 Å². The fourth-order valence-electron chi connectivity index (χ4n) is 2.84. The van der Waals surface area contributed by atoms with Crippen LogP contribution in [0.1, 0.15) is 44.7 Å². The predicted molar refractivity (Wildman–Crippen MR) is 93.9 cm³/mol. The van der Waals surface area contributed by atoms with Crippen LogP contribution in [-0.4, -0.2) is 44.1 Å². The minimum Gasteiger partial charge on any atom is -0.478 e. The van der Waals surface area contributed by atoms with Gasteiger partial charge in [0, 0.05) is 12.6 Å². The zero-order chi connectivity index (χ0) is 17.0. The van der Waals surface area contributed by atoms with Crippen molar-refractivity contribution in [2.75, 3.05) is 32.1 Å². The van der Waals surface area contributed by atoms with Crippen molar-refractivity contribution in [3.63, 3.8) is 0 Å². The molecule has 2 rings (SSSR count). The standard InChI is InChI=1S/C18H29N3O2/c1-5-14(19)13-8-9-17-15(12-13)21(11-7-10-20(3)4)18(22)16(6-2)23-17/h8-9,12,14,16H,5-7,10-11,19H2,1-4H3. The Morgan fingerprint density at radius 2 is 2.09 bits per heavy atom. The third-order valence-electron chi connectivity index (χ3n) is 4.31. The molecule has 0 radical (unpaired) electrons. The monoisotopic (exact) mass is 319 g/mol. The topological polar surface area (TPSA) is 58.8 Å². The molecule has 1 amide bonds. The highest BCUT2D eigenvalue weighted by atomic mass is 16.5. The summed E-state index contributed by atoms with van der Waals surface area (Å²) in [5.41, 5.74) is 8.06. The second kappa shape index (κ2) is 7.79. The largest absolute Gasteiger partial charge is 0.478 e. The van der Waals surface area contributed by atoms with Crippen molar-refractivity contribution in [2.24, 2.45) is 5.73 Å². The van der Waals surface area contributed by atoms with E-state index in [0.29, 0.717) is 13.0 Å². The molecule has 1 aromatic carbocycles. The lowest BCUT2D eigenvalue weighted by molar-refractivity contribution is -0.126. The average molecular weight is 319 g/mol. The summed E-state index contributed by atoms with van der Waals surface area (Å²) in [5, 5.41) is 0. The first-order chi connectivity index (χ1) is 11.0. The Morgan fingerprint density at radius 1 is 1.35 bits per heavy atom. The molecule has 0 bridgehead atoms. The molecule has 2 unspecified atom stereocenters. The van der Waals surface area contributed by atoms with Crippen LogP contribution in [-0.2, 0) is 4.79 Å². The summed E-state index contributed by atoms with van der Waals surface area (Å²) in [4.78, 5) is 16.7. The van der Waals surface area contributed by atoms with Crippen LogP contribution < -0.4 is 15.4 Å². The van der Waals surface area contributed by atoms with Gasteiger partial charge >= 0.3 is 0 Å². The van der Waals surface area contributed by atoms with Crippen LogP contribution >= 0.6 is 0 Å². The highest BCUT2D eigenvalue weighted by Crippen LogP contribution is 2.37. The Kier molecular flexibility index (Phi) is 6.02. The molecule has 2 N–H and O–H groups in total. The SMILES string of the molecule is CCC1Oc2ccc(C(N)CC)cc2N(CCCN(C)C)C1=O. The lowest BCUT2D eigenvalue weighted by Gasteiger charge is -2.35. The first-order valence-corrected chi connectivity index (χ1v) is 8.50. The number of hydrogen-bond donors (Lipinski definition) is 1. The van der Waals surface area contributed by atoms with Crippen molar-refractivity contribution in [1.82, 2.24) is 4.90 Å². The van der Waals surface area contributed by atoms with E-state index in [1.807, 2.05) is 44.1 Å². The molecule has 1 heterocycles. The van der Waals surface area contributed by atoms with Crippen LogP contribution in [0.3, 0.4) is 0 Å². The third kappa shape index (κ3) is 4.03. The molecule has 0 fully saturated rings. The summed E-state index contributed by atoms with van der Waals surface area (Å²) in [6.07, 6.45) is 2.09. The number of hydrogen-bond acceptors (Lipinski definition) is 4. The predicted octanol–water partition coefficient (Wildman–Crippen LogP) is 2.55. The van der Waals surface area contributed by atoms with Gasteiger partial charge in [-0.25, -0.2) is 0 Å². The van der Waals surface area contributed by atoms with E-state index in [-0.39, 0.29) is 18.1 Å². The van der Waals surface area contributed by atoms with Crippen LogP contribution in [0.25, 0.3) is 0 Å². The van der Waals surface area contributed by atoms with E-state index >= 15 is 0 Å². The van der Waals surface area contributed by atoms with Gasteiger partial charge in [0.1, 0.15) is 5.75 Å². The number of amides is 1. The molecule has 128 valence electrons. The number of fused-ring (bicyclic) bond motifs is 1. The number of ether oxygens (including phenoxy) is 1. The lowest BCUT2D eigenvalue weighted by Crippen LogP contribution is -2.46. The van der Waals surface area contributed by atoms with Crippen LogP contribution in [0.5, 0.6) is 5.75 Å². The Labute approximate surface area is 139 Å². The molecule has 23 heavy (non-hydrogen) atoms. The zero-order valence-electron chi connectivity index (χ0n) is 14.7. The molecule has 1 aliphatic heterocycles. The van der Waals surface area contributed by atoms with Crippen LogP contribution in [0.4, 0.5) is 5.69 Å². The molecule has 2 atom stereocenters. The van der Waals surface area contributed by atoms with Gasteiger partial charge in [0.15, 0.2) is 6.10 Å². The number of nitrogens with zero attached hydrogens (tertiary/aromatic N) is 2. The summed E-state index contributed by atoms with van der Waals surface area (Å²) < 4.78 is 5.88. The molecule has 1 aliphatic rings. The Bertz CT molecular complexity index is 545. The molecular weight excluding hydrogens is 290 g/mol. The Balaban J connectivity index is 2.29. The summed E-state index contributed by atoms with van der Waals surface area (Å²) in [6.45, 7) is 5.69. The molecule has 0 spiro atoms. The number of nitrogens with two attached hydrogens (primary N) is 1. The number of carbonyl (C=O) groups excluding carboxylic acids is 1. The maximum Gasteiger partial charge on any atom is 0.268 e. The molecular formula is C18H29N3O2. The van der Waals surface area contributed by atoms with Gasteiger partial charge in [-0.1, -0.05) is 19.9 Å². The van der Waals surface area contributed by atoms with E-state index in [4.69, 9.17) is 10.5 Å². The molecule has 0 saturated heterocycles. The minimum absolute atomic E-state index is 0.0112.